The van der Waals surface area contributed by atoms with Crippen LogP contribution in [0.2, 0.25) is 0 Å². The Balaban J connectivity index is 1.40. The fourth-order valence-corrected chi connectivity index (χ4v) is 3.68. The van der Waals surface area contributed by atoms with Gasteiger partial charge in [0.1, 0.15) is 5.75 Å². The number of carbonyl (C=O) groups is 1. The molecule has 0 atom stereocenters. The summed E-state index contributed by atoms with van der Waals surface area (Å²) in [5, 5.41) is 17.3. The number of tetrazole rings is 1. The summed E-state index contributed by atoms with van der Waals surface area (Å²) in [5.74, 6) is 1.43. The molecular weight excluding hydrogens is 370 g/mol. The lowest BCUT2D eigenvalue weighted by atomic mass is 10.0. The number of nitrogens with zero attached hydrogens (tertiary/aromatic N) is 7. The standard InChI is InChI=1S/C20H25N7O2/c1-4-26-14(2)18(13-21-26)20(28)25-11-9-16(10-12-25)27-23-19(22-24-27)15-5-7-17(29-3)8-6-15/h5-8,13,16H,4,9-12H2,1-3H3. The highest BCUT2D eigenvalue weighted by Gasteiger charge is 2.28. The van der Waals surface area contributed by atoms with Crippen molar-refractivity contribution in [2.75, 3.05) is 20.2 Å². The molecule has 1 fully saturated rings. The van der Waals surface area contributed by atoms with E-state index in [1.54, 1.807) is 18.1 Å². The molecule has 3 heterocycles. The Labute approximate surface area is 169 Å². The third kappa shape index (κ3) is 3.72. The topological polar surface area (TPSA) is 91.0 Å². The van der Waals surface area contributed by atoms with Gasteiger partial charge in [0.05, 0.1) is 24.9 Å². The maximum Gasteiger partial charge on any atom is 0.257 e. The van der Waals surface area contributed by atoms with Gasteiger partial charge in [-0.2, -0.15) is 9.90 Å². The number of aryl methyl sites for hydroxylation is 1. The zero-order valence-electron chi connectivity index (χ0n) is 16.9. The second kappa shape index (κ2) is 8.02. The molecular formula is C20H25N7O2. The number of aromatic nitrogens is 6. The van der Waals surface area contributed by atoms with Crippen LogP contribution in [0.5, 0.6) is 5.75 Å². The Kier molecular flexibility index (Phi) is 5.28. The van der Waals surface area contributed by atoms with Crippen molar-refractivity contribution in [2.45, 2.75) is 39.3 Å². The number of ether oxygens (including phenoxy) is 1. The maximum absolute atomic E-state index is 12.8. The smallest absolute Gasteiger partial charge is 0.257 e. The Bertz CT molecular complexity index is 985. The van der Waals surface area contributed by atoms with Crippen LogP contribution in [-0.4, -0.2) is 61.0 Å². The molecule has 0 aliphatic carbocycles. The zero-order chi connectivity index (χ0) is 20.4. The first-order chi connectivity index (χ1) is 14.1. The predicted molar refractivity (Wildman–Crippen MR) is 107 cm³/mol. The van der Waals surface area contributed by atoms with E-state index in [4.69, 9.17) is 4.74 Å². The highest BCUT2D eigenvalue weighted by molar-refractivity contribution is 5.95. The number of carbonyl (C=O) groups excluding carboxylic acids is 1. The van der Waals surface area contributed by atoms with Crippen molar-refractivity contribution in [3.05, 3.63) is 41.7 Å². The van der Waals surface area contributed by atoms with Crippen molar-refractivity contribution in [2.24, 2.45) is 0 Å². The number of rotatable bonds is 5. The van der Waals surface area contributed by atoms with E-state index in [1.165, 1.54) is 0 Å². The number of amides is 1. The minimum absolute atomic E-state index is 0.0473. The Morgan fingerprint density at radius 2 is 1.93 bits per heavy atom. The average Bonchev–Trinajstić information content (AvgIpc) is 3.40. The normalized spacial score (nSPS) is 14.9. The molecule has 0 saturated carbocycles. The predicted octanol–water partition coefficient (Wildman–Crippen LogP) is 2.35. The van der Waals surface area contributed by atoms with Crippen LogP contribution in [-0.2, 0) is 6.54 Å². The van der Waals surface area contributed by atoms with E-state index in [1.807, 2.05) is 47.7 Å². The van der Waals surface area contributed by atoms with Crippen molar-refractivity contribution in [1.82, 2.24) is 34.9 Å². The lowest BCUT2D eigenvalue weighted by molar-refractivity contribution is 0.0682. The number of benzene rings is 1. The molecule has 1 aromatic carbocycles. The van der Waals surface area contributed by atoms with Gasteiger partial charge in [-0.25, -0.2) is 0 Å². The van der Waals surface area contributed by atoms with Crippen LogP contribution >= 0.6 is 0 Å². The highest BCUT2D eigenvalue weighted by Crippen LogP contribution is 2.24. The van der Waals surface area contributed by atoms with Crippen LogP contribution in [0, 0.1) is 6.92 Å². The SMILES string of the molecule is CCn1ncc(C(=O)N2CCC(n3nnc(-c4ccc(OC)cc4)n3)CC2)c1C. The molecule has 3 aromatic rings. The first-order valence-electron chi connectivity index (χ1n) is 9.86. The summed E-state index contributed by atoms with van der Waals surface area (Å²) >= 11 is 0. The molecule has 1 aliphatic heterocycles. The molecule has 1 amide bonds. The van der Waals surface area contributed by atoms with E-state index in [9.17, 15) is 4.79 Å². The third-order valence-corrected chi connectivity index (χ3v) is 5.49. The number of hydrogen-bond acceptors (Lipinski definition) is 6. The van der Waals surface area contributed by atoms with Gasteiger partial charge in [0, 0.05) is 30.9 Å². The molecule has 0 N–H and O–H groups in total. The summed E-state index contributed by atoms with van der Waals surface area (Å²) in [6.07, 6.45) is 3.27. The molecule has 0 unspecified atom stereocenters. The number of methoxy groups -OCH3 is 1. The van der Waals surface area contributed by atoms with Crippen molar-refractivity contribution < 1.29 is 9.53 Å². The van der Waals surface area contributed by atoms with E-state index < -0.39 is 0 Å². The maximum atomic E-state index is 12.8. The molecule has 0 bridgehead atoms. The van der Waals surface area contributed by atoms with Gasteiger partial charge in [-0.3, -0.25) is 9.48 Å². The largest absolute Gasteiger partial charge is 0.497 e. The molecule has 1 aliphatic rings. The van der Waals surface area contributed by atoms with Crippen LogP contribution in [0.4, 0.5) is 0 Å². The minimum atomic E-state index is 0.0473. The van der Waals surface area contributed by atoms with Gasteiger partial charge in [-0.1, -0.05) is 0 Å². The molecule has 0 spiro atoms. The van der Waals surface area contributed by atoms with Gasteiger partial charge in [0.15, 0.2) is 0 Å². The zero-order valence-corrected chi connectivity index (χ0v) is 16.9. The number of piperidine rings is 1. The van der Waals surface area contributed by atoms with Gasteiger partial charge in [0.25, 0.3) is 5.91 Å². The van der Waals surface area contributed by atoms with Crippen LogP contribution < -0.4 is 4.74 Å². The molecule has 29 heavy (non-hydrogen) atoms. The van der Waals surface area contributed by atoms with Crippen molar-refractivity contribution in [3.8, 4) is 17.1 Å². The van der Waals surface area contributed by atoms with E-state index >= 15 is 0 Å². The van der Waals surface area contributed by atoms with Gasteiger partial charge in [-0.15, -0.1) is 10.2 Å². The monoisotopic (exact) mass is 395 g/mol. The molecule has 4 rings (SSSR count). The summed E-state index contributed by atoms with van der Waals surface area (Å²) in [7, 11) is 1.64. The van der Waals surface area contributed by atoms with Crippen molar-refractivity contribution >= 4 is 5.91 Å². The van der Waals surface area contributed by atoms with E-state index in [0.29, 0.717) is 24.5 Å². The Hall–Kier alpha value is -3.23. The summed E-state index contributed by atoms with van der Waals surface area (Å²) in [6.45, 7) is 6.05. The molecule has 9 heteroatoms. The van der Waals surface area contributed by atoms with E-state index in [-0.39, 0.29) is 11.9 Å². The summed E-state index contributed by atoms with van der Waals surface area (Å²) in [5.41, 5.74) is 2.50. The minimum Gasteiger partial charge on any atom is -0.497 e. The van der Waals surface area contributed by atoms with Crippen LogP contribution in [0.25, 0.3) is 11.4 Å². The first kappa shape index (κ1) is 19.1. The first-order valence-corrected chi connectivity index (χ1v) is 9.86. The lowest BCUT2D eigenvalue weighted by Gasteiger charge is -2.31. The highest BCUT2D eigenvalue weighted by atomic mass is 16.5. The summed E-state index contributed by atoms with van der Waals surface area (Å²) in [4.78, 5) is 16.4. The van der Waals surface area contributed by atoms with Gasteiger partial charge in [0.2, 0.25) is 5.82 Å². The number of hydrogen-bond donors (Lipinski definition) is 0. The van der Waals surface area contributed by atoms with Crippen LogP contribution in [0.3, 0.4) is 0 Å². The molecule has 9 nitrogen and oxygen atoms in total. The van der Waals surface area contributed by atoms with Crippen LogP contribution in [0.15, 0.2) is 30.5 Å². The summed E-state index contributed by atoms with van der Waals surface area (Å²) < 4.78 is 7.03. The fourth-order valence-electron chi connectivity index (χ4n) is 3.68. The Morgan fingerprint density at radius 3 is 2.55 bits per heavy atom. The van der Waals surface area contributed by atoms with Crippen molar-refractivity contribution in [1.29, 1.82) is 0 Å². The molecule has 2 aromatic heterocycles. The third-order valence-electron chi connectivity index (χ3n) is 5.49. The lowest BCUT2D eigenvalue weighted by Crippen LogP contribution is -2.39. The molecule has 0 radical (unpaired) electrons. The molecule has 1 saturated heterocycles. The van der Waals surface area contributed by atoms with Crippen LogP contribution in [0.1, 0.15) is 41.9 Å². The van der Waals surface area contributed by atoms with E-state index in [0.717, 1.165) is 36.4 Å². The fraction of sp³-hybridized carbons (Fsp3) is 0.450. The average molecular weight is 395 g/mol. The van der Waals surface area contributed by atoms with E-state index in [2.05, 4.69) is 20.5 Å². The van der Waals surface area contributed by atoms with Gasteiger partial charge in [-0.05, 0) is 56.2 Å². The second-order valence-corrected chi connectivity index (χ2v) is 7.14. The van der Waals surface area contributed by atoms with Gasteiger partial charge < -0.3 is 9.64 Å². The second-order valence-electron chi connectivity index (χ2n) is 7.14. The van der Waals surface area contributed by atoms with Crippen molar-refractivity contribution in [3.63, 3.8) is 0 Å². The molecule has 152 valence electrons. The van der Waals surface area contributed by atoms with Gasteiger partial charge >= 0.3 is 0 Å². The summed E-state index contributed by atoms with van der Waals surface area (Å²) in [6, 6.07) is 7.73. The quantitative estimate of drug-likeness (QED) is 0.659. The Morgan fingerprint density at radius 1 is 1.21 bits per heavy atom. The number of likely N-dealkylation sites (tertiary alicyclic amines) is 1.